The number of hydrogen-bond acceptors (Lipinski definition) is 7. The molecule has 0 amide bonds. The third-order valence-corrected chi connectivity index (χ3v) is 6.22. The predicted octanol–water partition coefficient (Wildman–Crippen LogP) is 4.32. The highest BCUT2D eigenvalue weighted by molar-refractivity contribution is 6.42. The molecular weight excluding hydrogens is 449 g/mol. The molecule has 2 aromatic carbocycles. The maximum Gasteiger partial charge on any atom is 0.328 e. The van der Waals surface area contributed by atoms with E-state index < -0.39 is 45.7 Å². The average Bonchev–Trinajstić information content (AvgIpc) is 3.39. The van der Waals surface area contributed by atoms with E-state index in [4.69, 9.17) is 32.7 Å². The van der Waals surface area contributed by atoms with Crippen molar-refractivity contribution in [3.63, 3.8) is 0 Å². The van der Waals surface area contributed by atoms with Crippen molar-refractivity contribution in [1.82, 2.24) is 0 Å². The van der Waals surface area contributed by atoms with Crippen LogP contribution in [0.15, 0.2) is 42.5 Å². The van der Waals surface area contributed by atoms with Crippen LogP contribution >= 0.6 is 23.2 Å². The molecule has 0 radical (unpaired) electrons. The van der Waals surface area contributed by atoms with E-state index in [-0.39, 0.29) is 21.3 Å². The number of nitrogens with zero attached hydrogens (tertiary/aromatic N) is 1. The van der Waals surface area contributed by atoms with E-state index in [1.54, 1.807) is 6.07 Å². The third kappa shape index (κ3) is 3.26. The second-order valence-corrected chi connectivity index (χ2v) is 8.66. The van der Waals surface area contributed by atoms with Gasteiger partial charge in [0.15, 0.2) is 11.2 Å². The van der Waals surface area contributed by atoms with Gasteiger partial charge >= 0.3 is 11.9 Å². The highest BCUT2D eigenvalue weighted by atomic mass is 35.5. The Bertz CT molecular complexity index is 1140. The highest BCUT2D eigenvalue weighted by Gasteiger charge is 2.81. The Hall–Kier alpha value is -2.97. The van der Waals surface area contributed by atoms with Crippen molar-refractivity contribution in [2.75, 3.05) is 0 Å². The van der Waals surface area contributed by atoms with Crippen LogP contribution in [0.1, 0.15) is 35.7 Å². The van der Waals surface area contributed by atoms with Crippen molar-refractivity contribution in [3.05, 3.63) is 73.8 Å². The number of ketones is 1. The minimum absolute atomic E-state index is 0.00781. The van der Waals surface area contributed by atoms with Crippen LogP contribution in [0.2, 0.25) is 10.0 Å². The average molecular weight is 464 g/mol. The molecule has 1 spiro atoms. The second-order valence-electron chi connectivity index (χ2n) is 7.85. The molecule has 0 aromatic heterocycles. The number of carbonyl (C=O) groups excluding carboxylic acids is 3. The van der Waals surface area contributed by atoms with Crippen LogP contribution in [0.3, 0.4) is 0 Å². The molecule has 160 valence electrons. The van der Waals surface area contributed by atoms with Gasteiger partial charge in [-0.15, -0.1) is 0 Å². The first-order valence-corrected chi connectivity index (χ1v) is 9.95. The summed E-state index contributed by atoms with van der Waals surface area (Å²) in [6.07, 6.45) is 0. The fraction of sp³-hybridized carbons (Fsp3) is 0.286. The lowest BCUT2D eigenvalue weighted by Gasteiger charge is -2.34. The van der Waals surface area contributed by atoms with Gasteiger partial charge in [-0.25, -0.2) is 0 Å². The summed E-state index contributed by atoms with van der Waals surface area (Å²) in [5, 5.41) is 11.5. The van der Waals surface area contributed by atoms with E-state index in [0.29, 0.717) is 5.56 Å². The summed E-state index contributed by atoms with van der Waals surface area (Å²) >= 11 is 12.1. The SMILES string of the molecule is CC1(C)OC(=O)C2(C(=O)O1)[C@H](C(=O)c1cccc([N+](=O)[O-])c1)[C@H]2c1ccc(Cl)c(Cl)c1. The number of nitro benzene ring substituents is 1. The standard InChI is InChI=1S/C21H15Cl2NO7/c1-20(2)30-18(26)21(19(27)31-20)15(10-6-7-13(22)14(23)9-10)16(21)17(25)11-4-3-5-12(8-11)24(28)29/h3-9,15-16H,1-2H3/t15-,16+/m1/s1. The zero-order chi connectivity index (χ0) is 22.7. The topological polar surface area (TPSA) is 113 Å². The number of non-ortho nitro benzene ring substituents is 1. The summed E-state index contributed by atoms with van der Waals surface area (Å²) in [5.74, 6) is -5.99. The van der Waals surface area contributed by atoms with Gasteiger partial charge in [0.2, 0.25) is 0 Å². The fourth-order valence-electron chi connectivity index (χ4n) is 4.09. The van der Waals surface area contributed by atoms with Crippen LogP contribution in [0, 0.1) is 21.4 Å². The van der Waals surface area contributed by atoms with E-state index >= 15 is 0 Å². The molecule has 0 N–H and O–H groups in total. The number of halogens is 2. The summed E-state index contributed by atoms with van der Waals surface area (Å²) in [7, 11) is 0. The highest BCUT2D eigenvalue weighted by Crippen LogP contribution is 2.69. The summed E-state index contributed by atoms with van der Waals surface area (Å²) < 4.78 is 10.6. The molecule has 2 fully saturated rings. The Balaban J connectivity index is 1.82. The minimum atomic E-state index is -1.91. The van der Waals surface area contributed by atoms with E-state index in [1.165, 1.54) is 44.2 Å². The van der Waals surface area contributed by atoms with Crippen molar-refractivity contribution in [1.29, 1.82) is 0 Å². The first kappa shape index (κ1) is 21.3. The maximum atomic E-state index is 13.3. The van der Waals surface area contributed by atoms with Gasteiger partial charge in [0, 0.05) is 37.5 Å². The molecule has 2 aromatic rings. The van der Waals surface area contributed by atoms with Crippen LogP contribution < -0.4 is 0 Å². The van der Waals surface area contributed by atoms with Crippen molar-refractivity contribution in [3.8, 4) is 0 Å². The van der Waals surface area contributed by atoms with Crippen LogP contribution in [0.25, 0.3) is 0 Å². The molecule has 10 heteroatoms. The number of esters is 2. The first-order chi connectivity index (χ1) is 14.5. The lowest BCUT2D eigenvalue weighted by molar-refractivity contribution is -0.384. The quantitative estimate of drug-likeness (QED) is 0.218. The van der Waals surface area contributed by atoms with Crippen LogP contribution in [0.4, 0.5) is 5.69 Å². The molecule has 0 bridgehead atoms. The van der Waals surface area contributed by atoms with Crippen LogP contribution in [-0.2, 0) is 19.1 Å². The summed E-state index contributed by atoms with van der Waals surface area (Å²) in [4.78, 5) is 49.9. The largest absolute Gasteiger partial charge is 0.422 e. The number of hydrogen-bond donors (Lipinski definition) is 0. The molecule has 1 aliphatic heterocycles. The smallest absolute Gasteiger partial charge is 0.328 e. The van der Waals surface area contributed by atoms with E-state index in [1.807, 2.05) is 0 Å². The monoisotopic (exact) mass is 463 g/mol. The summed E-state index contributed by atoms with van der Waals surface area (Å²) in [6, 6.07) is 9.60. The second kappa shape index (κ2) is 7.03. The Labute approximate surface area is 186 Å². The maximum absolute atomic E-state index is 13.3. The van der Waals surface area contributed by atoms with Gasteiger partial charge in [-0.3, -0.25) is 24.5 Å². The van der Waals surface area contributed by atoms with Gasteiger partial charge < -0.3 is 9.47 Å². The number of carbonyl (C=O) groups is 3. The molecule has 8 nitrogen and oxygen atoms in total. The van der Waals surface area contributed by atoms with Crippen LogP contribution in [0.5, 0.6) is 0 Å². The Morgan fingerprint density at radius 3 is 2.26 bits per heavy atom. The molecule has 2 aliphatic rings. The number of Topliss-reactive ketones (excluding diaryl/α,β-unsaturated/α-hetero) is 1. The normalized spacial score (nSPS) is 23.1. The molecule has 2 atom stereocenters. The minimum Gasteiger partial charge on any atom is -0.422 e. The molecule has 4 rings (SSSR count). The van der Waals surface area contributed by atoms with Crippen molar-refractivity contribution in [2.45, 2.75) is 25.6 Å². The molecule has 0 unspecified atom stereocenters. The molecule has 1 aliphatic carbocycles. The molecule has 31 heavy (non-hydrogen) atoms. The molecular formula is C21H15Cl2NO7. The number of benzene rings is 2. The van der Waals surface area contributed by atoms with Crippen molar-refractivity contribution in [2.24, 2.45) is 11.3 Å². The summed E-state index contributed by atoms with van der Waals surface area (Å²) in [6.45, 7) is 2.81. The third-order valence-electron chi connectivity index (χ3n) is 5.48. The first-order valence-electron chi connectivity index (χ1n) is 9.19. The van der Waals surface area contributed by atoms with Crippen molar-refractivity contribution < 1.29 is 28.8 Å². The van der Waals surface area contributed by atoms with Gasteiger partial charge in [0.25, 0.3) is 11.5 Å². The van der Waals surface area contributed by atoms with Crippen molar-refractivity contribution >= 4 is 46.6 Å². The molecule has 1 saturated heterocycles. The molecule has 1 saturated carbocycles. The van der Waals surface area contributed by atoms with Gasteiger partial charge in [-0.05, 0) is 17.7 Å². The predicted molar refractivity (Wildman–Crippen MR) is 109 cm³/mol. The zero-order valence-corrected chi connectivity index (χ0v) is 17.8. The number of cyclic esters (lactones) is 2. The van der Waals surface area contributed by atoms with Gasteiger partial charge in [-0.2, -0.15) is 0 Å². The van der Waals surface area contributed by atoms with E-state index in [9.17, 15) is 24.5 Å². The van der Waals surface area contributed by atoms with Gasteiger partial charge in [0.1, 0.15) is 0 Å². The lowest BCUT2D eigenvalue weighted by Crippen LogP contribution is -2.49. The lowest BCUT2D eigenvalue weighted by atomic mass is 9.95. The Morgan fingerprint density at radius 2 is 1.68 bits per heavy atom. The van der Waals surface area contributed by atoms with Gasteiger partial charge in [0.05, 0.1) is 20.9 Å². The van der Waals surface area contributed by atoms with E-state index in [0.717, 1.165) is 6.07 Å². The number of rotatable bonds is 4. The Morgan fingerprint density at radius 1 is 1.03 bits per heavy atom. The Kier molecular flexibility index (Phi) is 4.83. The summed E-state index contributed by atoms with van der Waals surface area (Å²) in [5.41, 5.74) is -1.78. The number of nitro groups is 1. The number of ether oxygens (including phenoxy) is 2. The zero-order valence-electron chi connectivity index (χ0n) is 16.3. The van der Waals surface area contributed by atoms with E-state index in [2.05, 4.69) is 0 Å². The van der Waals surface area contributed by atoms with Crippen LogP contribution in [-0.4, -0.2) is 28.4 Å². The molecule has 1 heterocycles. The van der Waals surface area contributed by atoms with Gasteiger partial charge in [-0.1, -0.05) is 41.4 Å². The fourth-order valence-corrected chi connectivity index (χ4v) is 4.39.